The van der Waals surface area contributed by atoms with E-state index in [1.807, 2.05) is 24.3 Å². The zero-order chi connectivity index (χ0) is 14.5. The maximum absolute atomic E-state index is 12.0. The summed E-state index contributed by atoms with van der Waals surface area (Å²) in [7, 11) is 0. The number of nitrogens with one attached hydrogen (secondary N) is 3. The van der Waals surface area contributed by atoms with Crippen molar-refractivity contribution in [2.45, 2.75) is 38.1 Å². The molecule has 1 aromatic heterocycles. The lowest BCUT2D eigenvalue weighted by Crippen LogP contribution is -2.39. The molecule has 1 saturated carbocycles. The van der Waals surface area contributed by atoms with Crippen LogP contribution < -0.4 is 10.6 Å². The second kappa shape index (κ2) is 6.43. The van der Waals surface area contributed by atoms with E-state index < -0.39 is 0 Å². The molecule has 1 aliphatic carbocycles. The van der Waals surface area contributed by atoms with Crippen molar-refractivity contribution in [2.24, 2.45) is 0 Å². The van der Waals surface area contributed by atoms with Crippen molar-refractivity contribution in [3.63, 3.8) is 0 Å². The first-order valence-electron chi connectivity index (χ1n) is 7.48. The Hall–Kier alpha value is -2.30. The van der Waals surface area contributed by atoms with Gasteiger partial charge in [0.25, 0.3) is 0 Å². The Balaban J connectivity index is 1.62. The van der Waals surface area contributed by atoms with Gasteiger partial charge < -0.3 is 15.6 Å². The van der Waals surface area contributed by atoms with Crippen molar-refractivity contribution in [2.75, 3.05) is 5.32 Å². The fraction of sp³-hybridized carbons (Fsp3) is 0.375. The van der Waals surface area contributed by atoms with Gasteiger partial charge in [0.2, 0.25) is 0 Å². The molecule has 1 aromatic carbocycles. The smallest absolute Gasteiger partial charge is 0.319 e. The molecule has 0 spiro atoms. The Morgan fingerprint density at radius 3 is 2.86 bits per heavy atom. The number of carbonyl (C=O) groups is 1. The number of nitrogens with zero attached hydrogens (tertiary/aromatic N) is 1. The number of aromatic amines is 1. The standard InChI is InChI=1S/C16H20N4O/c21-16(19-13-6-2-1-3-7-13)20-14-8-4-5-12(11-14)15-17-9-10-18-15/h4-5,8-11,13H,1-3,6-7H2,(H,17,18)(H2,19,20,21). The predicted octanol–water partition coefficient (Wildman–Crippen LogP) is 3.53. The Bertz CT molecular complexity index is 588. The van der Waals surface area contributed by atoms with Gasteiger partial charge in [0.05, 0.1) is 0 Å². The van der Waals surface area contributed by atoms with Gasteiger partial charge >= 0.3 is 6.03 Å². The largest absolute Gasteiger partial charge is 0.345 e. The average Bonchev–Trinajstić information content (AvgIpc) is 3.02. The molecule has 0 bridgehead atoms. The third-order valence-electron chi connectivity index (χ3n) is 3.83. The first-order valence-corrected chi connectivity index (χ1v) is 7.48. The van der Waals surface area contributed by atoms with E-state index in [1.54, 1.807) is 12.4 Å². The van der Waals surface area contributed by atoms with E-state index in [-0.39, 0.29) is 6.03 Å². The summed E-state index contributed by atoms with van der Waals surface area (Å²) in [6, 6.07) is 7.86. The van der Waals surface area contributed by atoms with Crippen LogP contribution in [0, 0.1) is 0 Å². The highest BCUT2D eigenvalue weighted by atomic mass is 16.2. The molecule has 0 atom stereocenters. The van der Waals surface area contributed by atoms with Crippen LogP contribution in [-0.4, -0.2) is 22.0 Å². The van der Waals surface area contributed by atoms with Crippen LogP contribution in [0.25, 0.3) is 11.4 Å². The molecule has 2 aromatic rings. The minimum atomic E-state index is -0.126. The van der Waals surface area contributed by atoms with Crippen molar-refractivity contribution >= 4 is 11.7 Å². The monoisotopic (exact) mass is 284 g/mol. The highest BCUT2D eigenvalue weighted by molar-refractivity contribution is 5.90. The molecule has 3 N–H and O–H groups in total. The molecule has 1 heterocycles. The summed E-state index contributed by atoms with van der Waals surface area (Å²) in [5.41, 5.74) is 1.73. The van der Waals surface area contributed by atoms with E-state index in [0.717, 1.165) is 29.9 Å². The third-order valence-corrected chi connectivity index (χ3v) is 3.83. The summed E-state index contributed by atoms with van der Waals surface area (Å²) < 4.78 is 0. The van der Waals surface area contributed by atoms with E-state index >= 15 is 0 Å². The topological polar surface area (TPSA) is 69.8 Å². The molecule has 0 unspecified atom stereocenters. The quantitative estimate of drug-likeness (QED) is 0.807. The van der Waals surface area contributed by atoms with E-state index in [9.17, 15) is 4.79 Å². The van der Waals surface area contributed by atoms with Crippen LogP contribution >= 0.6 is 0 Å². The van der Waals surface area contributed by atoms with Crippen LogP contribution in [0.2, 0.25) is 0 Å². The normalized spacial score (nSPS) is 15.6. The minimum absolute atomic E-state index is 0.126. The first kappa shape index (κ1) is 13.7. The molecule has 110 valence electrons. The molecule has 0 aliphatic heterocycles. The summed E-state index contributed by atoms with van der Waals surface area (Å²) in [4.78, 5) is 19.3. The molecular formula is C16H20N4O. The lowest BCUT2D eigenvalue weighted by molar-refractivity contribution is 0.244. The molecule has 2 amide bonds. The summed E-state index contributed by atoms with van der Waals surface area (Å²) in [5.74, 6) is 0.798. The lowest BCUT2D eigenvalue weighted by atomic mass is 9.96. The zero-order valence-electron chi connectivity index (χ0n) is 11.9. The molecule has 5 heteroatoms. The maximum atomic E-state index is 12.0. The number of hydrogen-bond acceptors (Lipinski definition) is 2. The predicted molar refractivity (Wildman–Crippen MR) is 83.1 cm³/mol. The number of anilines is 1. The number of hydrogen-bond donors (Lipinski definition) is 3. The van der Waals surface area contributed by atoms with Gasteiger partial charge in [-0.25, -0.2) is 9.78 Å². The van der Waals surface area contributed by atoms with Crippen molar-refractivity contribution in [1.82, 2.24) is 15.3 Å². The number of benzene rings is 1. The highest BCUT2D eigenvalue weighted by Crippen LogP contribution is 2.20. The fourth-order valence-electron chi connectivity index (χ4n) is 2.77. The number of imidazole rings is 1. The van der Waals surface area contributed by atoms with E-state index in [1.165, 1.54) is 19.3 Å². The van der Waals surface area contributed by atoms with Crippen LogP contribution in [0.5, 0.6) is 0 Å². The first-order chi connectivity index (χ1) is 10.3. The zero-order valence-corrected chi connectivity index (χ0v) is 11.9. The Kier molecular flexibility index (Phi) is 4.19. The second-order valence-corrected chi connectivity index (χ2v) is 5.45. The number of carbonyl (C=O) groups excluding carboxylic acids is 1. The number of aromatic nitrogens is 2. The van der Waals surface area contributed by atoms with E-state index in [4.69, 9.17) is 0 Å². The van der Waals surface area contributed by atoms with E-state index in [2.05, 4.69) is 20.6 Å². The molecule has 3 rings (SSSR count). The van der Waals surface area contributed by atoms with Crippen molar-refractivity contribution < 1.29 is 4.79 Å². The van der Waals surface area contributed by atoms with Gasteiger partial charge in [-0.1, -0.05) is 31.4 Å². The number of urea groups is 1. The number of rotatable bonds is 3. The van der Waals surface area contributed by atoms with E-state index in [0.29, 0.717) is 6.04 Å². The van der Waals surface area contributed by atoms with Crippen molar-refractivity contribution in [3.8, 4) is 11.4 Å². The maximum Gasteiger partial charge on any atom is 0.319 e. The SMILES string of the molecule is O=C(Nc1cccc(-c2ncc[nH]2)c1)NC1CCCCC1. The number of amides is 2. The second-order valence-electron chi connectivity index (χ2n) is 5.45. The van der Waals surface area contributed by atoms with Crippen molar-refractivity contribution in [3.05, 3.63) is 36.7 Å². The Morgan fingerprint density at radius 1 is 1.24 bits per heavy atom. The fourth-order valence-corrected chi connectivity index (χ4v) is 2.77. The summed E-state index contributed by atoms with van der Waals surface area (Å²) in [6.45, 7) is 0. The van der Waals surface area contributed by atoms with Crippen LogP contribution in [0.4, 0.5) is 10.5 Å². The van der Waals surface area contributed by atoms with Crippen molar-refractivity contribution in [1.29, 1.82) is 0 Å². The van der Waals surface area contributed by atoms with Crippen LogP contribution in [0.15, 0.2) is 36.7 Å². The van der Waals surface area contributed by atoms with Crippen LogP contribution in [0.3, 0.4) is 0 Å². The molecule has 5 nitrogen and oxygen atoms in total. The Morgan fingerprint density at radius 2 is 2.10 bits per heavy atom. The molecule has 1 fully saturated rings. The van der Waals surface area contributed by atoms with Gasteiger partial charge in [0, 0.05) is 29.7 Å². The van der Waals surface area contributed by atoms with Gasteiger partial charge in [-0.15, -0.1) is 0 Å². The highest BCUT2D eigenvalue weighted by Gasteiger charge is 2.15. The number of H-pyrrole nitrogens is 1. The molecular weight excluding hydrogens is 264 g/mol. The minimum Gasteiger partial charge on any atom is -0.345 e. The van der Waals surface area contributed by atoms with Crippen LogP contribution in [-0.2, 0) is 0 Å². The molecule has 21 heavy (non-hydrogen) atoms. The Labute approximate surface area is 124 Å². The molecule has 1 aliphatic rings. The van der Waals surface area contributed by atoms with Gasteiger partial charge in [0.1, 0.15) is 5.82 Å². The third kappa shape index (κ3) is 3.62. The summed E-state index contributed by atoms with van der Waals surface area (Å²) in [5, 5.41) is 5.95. The summed E-state index contributed by atoms with van der Waals surface area (Å²) in [6.07, 6.45) is 9.36. The summed E-state index contributed by atoms with van der Waals surface area (Å²) >= 11 is 0. The lowest BCUT2D eigenvalue weighted by Gasteiger charge is -2.22. The van der Waals surface area contributed by atoms with Gasteiger partial charge in [0.15, 0.2) is 0 Å². The molecule has 0 saturated heterocycles. The van der Waals surface area contributed by atoms with Gasteiger partial charge in [-0.3, -0.25) is 0 Å². The molecule has 0 radical (unpaired) electrons. The van der Waals surface area contributed by atoms with Gasteiger partial charge in [-0.05, 0) is 25.0 Å². The van der Waals surface area contributed by atoms with Crippen LogP contribution in [0.1, 0.15) is 32.1 Å². The van der Waals surface area contributed by atoms with Gasteiger partial charge in [-0.2, -0.15) is 0 Å². The average molecular weight is 284 g/mol.